The molecule has 0 atom stereocenters. The van der Waals surface area contributed by atoms with E-state index in [0.29, 0.717) is 19.0 Å². The van der Waals surface area contributed by atoms with Crippen molar-refractivity contribution in [1.29, 1.82) is 0 Å². The molecule has 0 saturated heterocycles. The second kappa shape index (κ2) is 16.4. The monoisotopic (exact) mass is 464 g/mol. The maximum atomic E-state index is 5.75. The summed E-state index contributed by atoms with van der Waals surface area (Å²) in [5.74, 6) is 1.49. The van der Waals surface area contributed by atoms with Crippen molar-refractivity contribution in [2.45, 2.75) is 46.1 Å². The Morgan fingerprint density at radius 1 is 1.16 bits per heavy atom. The number of rotatable bonds is 12. The van der Waals surface area contributed by atoms with Crippen LogP contribution in [0.25, 0.3) is 0 Å². The smallest absolute Gasteiger partial charge is 0.218 e. The molecule has 0 aromatic carbocycles. The Balaban J connectivity index is 0.00000576. The van der Waals surface area contributed by atoms with E-state index >= 15 is 0 Å². The van der Waals surface area contributed by atoms with Gasteiger partial charge in [-0.25, -0.2) is 4.98 Å². The lowest BCUT2D eigenvalue weighted by Crippen LogP contribution is -2.37. The molecule has 0 bridgehead atoms. The van der Waals surface area contributed by atoms with Crippen molar-refractivity contribution in [3.8, 4) is 5.88 Å². The highest BCUT2D eigenvalue weighted by molar-refractivity contribution is 14.0. The van der Waals surface area contributed by atoms with Crippen LogP contribution in [0.2, 0.25) is 0 Å². The SMILES string of the molecule is CCCCOc1ncccc1CNC(=NC)NCCCCOCC.I. The van der Waals surface area contributed by atoms with E-state index in [-0.39, 0.29) is 24.0 Å². The van der Waals surface area contributed by atoms with E-state index in [4.69, 9.17) is 9.47 Å². The third kappa shape index (κ3) is 11.2. The highest BCUT2D eigenvalue weighted by Crippen LogP contribution is 2.14. The molecule has 6 nitrogen and oxygen atoms in total. The lowest BCUT2D eigenvalue weighted by molar-refractivity contribution is 0.143. The Morgan fingerprint density at radius 2 is 2.00 bits per heavy atom. The largest absolute Gasteiger partial charge is 0.477 e. The Kier molecular flexibility index (Phi) is 15.7. The molecule has 0 spiro atoms. The summed E-state index contributed by atoms with van der Waals surface area (Å²) < 4.78 is 11.1. The van der Waals surface area contributed by atoms with Crippen LogP contribution in [0.1, 0.15) is 45.1 Å². The van der Waals surface area contributed by atoms with E-state index < -0.39 is 0 Å². The van der Waals surface area contributed by atoms with Crippen LogP contribution in [-0.4, -0.2) is 44.4 Å². The maximum absolute atomic E-state index is 5.75. The van der Waals surface area contributed by atoms with Gasteiger partial charge in [0.25, 0.3) is 0 Å². The number of aromatic nitrogens is 1. The molecular formula is C18H33IN4O2. The number of nitrogens with zero attached hydrogens (tertiary/aromatic N) is 2. The number of halogens is 1. The molecular weight excluding hydrogens is 431 g/mol. The third-order valence-corrected chi connectivity index (χ3v) is 3.47. The van der Waals surface area contributed by atoms with Crippen LogP contribution in [0.4, 0.5) is 0 Å². The molecule has 0 fully saturated rings. The summed E-state index contributed by atoms with van der Waals surface area (Å²) in [5, 5.41) is 6.62. The second-order valence-corrected chi connectivity index (χ2v) is 5.43. The first-order valence-corrected chi connectivity index (χ1v) is 8.90. The van der Waals surface area contributed by atoms with Crippen molar-refractivity contribution >= 4 is 29.9 Å². The summed E-state index contributed by atoms with van der Waals surface area (Å²) in [6, 6.07) is 3.95. The van der Waals surface area contributed by atoms with E-state index in [1.54, 1.807) is 13.2 Å². The van der Waals surface area contributed by atoms with Gasteiger partial charge in [0.2, 0.25) is 5.88 Å². The first-order valence-electron chi connectivity index (χ1n) is 8.90. The number of guanidine groups is 1. The number of pyridine rings is 1. The first-order chi connectivity index (χ1) is 11.8. The van der Waals surface area contributed by atoms with Crippen molar-refractivity contribution in [3.63, 3.8) is 0 Å². The minimum absolute atomic E-state index is 0. The predicted molar refractivity (Wildman–Crippen MR) is 114 cm³/mol. The molecule has 7 heteroatoms. The topological polar surface area (TPSA) is 67.8 Å². The normalized spacial score (nSPS) is 10.9. The van der Waals surface area contributed by atoms with Crippen molar-refractivity contribution in [1.82, 2.24) is 15.6 Å². The van der Waals surface area contributed by atoms with Crippen LogP contribution in [0.15, 0.2) is 23.3 Å². The van der Waals surface area contributed by atoms with Gasteiger partial charge in [-0.3, -0.25) is 4.99 Å². The van der Waals surface area contributed by atoms with Crippen molar-refractivity contribution in [2.24, 2.45) is 4.99 Å². The van der Waals surface area contributed by atoms with Crippen molar-refractivity contribution in [2.75, 3.05) is 33.4 Å². The number of ether oxygens (including phenoxy) is 2. The zero-order valence-corrected chi connectivity index (χ0v) is 18.0. The summed E-state index contributed by atoms with van der Waals surface area (Å²) in [7, 11) is 1.78. The lowest BCUT2D eigenvalue weighted by atomic mass is 10.2. The van der Waals surface area contributed by atoms with Gasteiger partial charge in [0.15, 0.2) is 5.96 Å². The van der Waals surface area contributed by atoms with E-state index in [1.807, 2.05) is 19.1 Å². The predicted octanol–water partition coefficient (Wildman–Crippen LogP) is 3.36. The number of nitrogens with one attached hydrogen (secondary N) is 2. The molecule has 2 N–H and O–H groups in total. The Morgan fingerprint density at radius 3 is 2.72 bits per heavy atom. The molecule has 0 radical (unpaired) electrons. The van der Waals surface area contributed by atoms with Crippen molar-refractivity contribution in [3.05, 3.63) is 23.9 Å². The van der Waals surface area contributed by atoms with Gasteiger partial charge >= 0.3 is 0 Å². The summed E-state index contributed by atoms with van der Waals surface area (Å²) in [5.41, 5.74) is 1.04. The molecule has 144 valence electrons. The van der Waals surface area contributed by atoms with Gasteiger partial charge in [-0.05, 0) is 32.3 Å². The fourth-order valence-corrected chi connectivity index (χ4v) is 2.08. The third-order valence-electron chi connectivity index (χ3n) is 3.47. The highest BCUT2D eigenvalue weighted by atomic mass is 127. The average molecular weight is 464 g/mol. The van der Waals surface area contributed by atoms with E-state index in [2.05, 4.69) is 27.5 Å². The van der Waals surface area contributed by atoms with Crippen LogP contribution < -0.4 is 15.4 Å². The minimum Gasteiger partial charge on any atom is -0.477 e. The molecule has 25 heavy (non-hydrogen) atoms. The van der Waals surface area contributed by atoms with Gasteiger partial charge in [-0.2, -0.15) is 0 Å². The maximum Gasteiger partial charge on any atom is 0.218 e. The van der Waals surface area contributed by atoms with Crippen molar-refractivity contribution < 1.29 is 9.47 Å². The molecule has 1 aromatic heterocycles. The summed E-state index contributed by atoms with van der Waals surface area (Å²) in [6.45, 7) is 7.97. The molecule has 1 heterocycles. The van der Waals surface area contributed by atoms with Crippen LogP contribution in [0, 0.1) is 0 Å². The summed E-state index contributed by atoms with van der Waals surface area (Å²) in [4.78, 5) is 8.57. The number of aliphatic imine (C=N–C) groups is 1. The van der Waals surface area contributed by atoms with Gasteiger partial charge in [-0.15, -0.1) is 24.0 Å². The van der Waals surface area contributed by atoms with Crippen LogP contribution in [-0.2, 0) is 11.3 Å². The lowest BCUT2D eigenvalue weighted by Gasteiger charge is -2.14. The quantitative estimate of drug-likeness (QED) is 0.215. The molecule has 1 rings (SSSR count). The molecule has 0 aliphatic rings. The molecule has 0 aliphatic carbocycles. The highest BCUT2D eigenvalue weighted by Gasteiger charge is 2.05. The first kappa shape index (κ1) is 23.9. The van der Waals surface area contributed by atoms with Crippen LogP contribution in [0.3, 0.4) is 0 Å². The molecule has 0 unspecified atom stereocenters. The summed E-state index contributed by atoms with van der Waals surface area (Å²) in [6.07, 6.45) is 6.01. The average Bonchev–Trinajstić information content (AvgIpc) is 2.61. The fourth-order valence-electron chi connectivity index (χ4n) is 2.08. The van der Waals surface area contributed by atoms with E-state index in [1.165, 1.54) is 0 Å². The zero-order chi connectivity index (χ0) is 17.5. The Bertz CT molecular complexity index is 472. The molecule has 0 aliphatic heterocycles. The second-order valence-electron chi connectivity index (χ2n) is 5.43. The molecule has 0 amide bonds. The van der Waals surface area contributed by atoms with Crippen LogP contribution >= 0.6 is 24.0 Å². The van der Waals surface area contributed by atoms with Gasteiger partial charge in [0.1, 0.15) is 0 Å². The minimum atomic E-state index is 0. The number of unbranched alkanes of at least 4 members (excludes halogenated alkanes) is 2. The fraction of sp³-hybridized carbons (Fsp3) is 0.667. The van der Waals surface area contributed by atoms with Crippen LogP contribution in [0.5, 0.6) is 5.88 Å². The Labute approximate surface area is 169 Å². The molecule has 0 saturated carbocycles. The summed E-state index contributed by atoms with van der Waals surface area (Å²) >= 11 is 0. The Hall–Kier alpha value is -1.09. The van der Waals surface area contributed by atoms with Gasteiger partial charge < -0.3 is 20.1 Å². The number of hydrogen-bond acceptors (Lipinski definition) is 4. The van der Waals surface area contributed by atoms with Gasteiger partial charge in [-0.1, -0.05) is 19.4 Å². The van der Waals surface area contributed by atoms with E-state index in [9.17, 15) is 0 Å². The molecule has 1 aromatic rings. The number of hydrogen-bond donors (Lipinski definition) is 2. The van der Waals surface area contributed by atoms with Gasteiger partial charge in [0.05, 0.1) is 6.61 Å². The van der Waals surface area contributed by atoms with Gasteiger partial charge in [0, 0.05) is 45.1 Å². The van der Waals surface area contributed by atoms with E-state index in [0.717, 1.165) is 57.0 Å². The standard InChI is InChI=1S/C18H32N4O2.HI/c1-4-6-14-24-17-16(10-9-12-20-17)15-22-18(19-3)21-11-7-8-13-23-5-2;/h9-10,12H,4-8,11,13-15H2,1-3H3,(H2,19,21,22);1H. The zero-order valence-electron chi connectivity index (χ0n) is 15.7.